The molecule has 0 radical (unpaired) electrons. The molecule has 1 aromatic carbocycles. The minimum Gasteiger partial charge on any atom is -0.494 e. The second kappa shape index (κ2) is 8.53. The summed E-state index contributed by atoms with van der Waals surface area (Å²) in [5.41, 5.74) is 1.53. The third-order valence-electron chi connectivity index (χ3n) is 5.00. The molecule has 1 aliphatic heterocycles. The van der Waals surface area contributed by atoms with Crippen LogP contribution >= 0.6 is 0 Å². The van der Waals surface area contributed by atoms with E-state index in [1.165, 1.54) is 6.07 Å². The number of carbonyl (C=O) groups is 1. The van der Waals surface area contributed by atoms with Gasteiger partial charge in [-0.3, -0.25) is 14.2 Å². The van der Waals surface area contributed by atoms with Crippen LogP contribution in [0.5, 0.6) is 5.75 Å². The Kier molecular flexibility index (Phi) is 5.67. The summed E-state index contributed by atoms with van der Waals surface area (Å²) >= 11 is 0. The van der Waals surface area contributed by atoms with Crippen LogP contribution in [0, 0.1) is 0 Å². The predicted octanol–water partition coefficient (Wildman–Crippen LogP) is 3.02. The Labute approximate surface area is 168 Å². The Hall–Kier alpha value is -3.06. The molecule has 3 heterocycles. The molecular weight excluding hydrogens is 370 g/mol. The first-order valence-corrected chi connectivity index (χ1v) is 10.0. The van der Waals surface area contributed by atoms with Crippen molar-refractivity contribution in [2.24, 2.45) is 0 Å². The van der Waals surface area contributed by atoms with E-state index in [1.54, 1.807) is 16.7 Å². The maximum atomic E-state index is 12.6. The summed E-state index contributed by atoms with van der Waals surface area (Å²) in [4.78, 5) is 28.2. The van der Waals surface area contributed by atoms with E-state index >= 15 is 0 Å². The molecule has 2 N–H and O–H groups in total. The van der Waals surface area contributed by atoms with Gasteiger partial charge in [-0.1, -0.05) is 6.92 Å². The smallest absolute Gasteiger partial charge is 0.267 e. The van der Waals surface area contributed by atoms with E-state index < -0.39 is 0 Å². The Bertz CT molecular complexity index is 1050. The number of amides is 1. The number of hydrogen-bond acceptors (Lipinski definition) is 4. The first-order valence-electron chi connectivity index (χ1n) is 10.0. The maximum absolute atomic E-state index is 12.6. The van der Waals surface area contributed by atoms with Gasteiger partial charge in [0, 0.05) is 24.6 Å². The van der Waals surface area contributed by atoms with Crippen LogP contribution in [0.1, 0.15) is 36.7 Å². The first-order chi connectivity index (χ1) is 14.2. The molecule has 1 atom stereocenters. The number of benzene rings is 1. The van der Waals surface area contributed by atoms with E-state index in [0.717, 1.165) is 37.0 Å². The van der Waals surface area contributed by atoms with Gasteiger partial charge in [-0.2, -0.15) is 0 Å². The van der Waals surface area contributed by atoms with Crippen LogP contribution in [-0.4, -0.2) is 41.3 Å². The fraction of sp³-hybridized carbons (Fsp3) is 0.364. The summed E-state index contributed by atoms with van der Waals surface area (Å²) in [5.74, 6) is 0.551. The minimum atomic E-state index is -0.209. The highest BCUT2D eigenvalue weighted by atomic mass is 16.5. The van der Waals surface area contributed by atoms with Crippen molar-refractivity contribution in [2.75, 3.05) is 19.8 Å². The number of pyridine rings is 1. The van der Waals surface area contributed by atoms with Crippen molar-refractivity contribution in [1.82, 2.24) is 14.9 Å². The van der Waals surface area contributed by atoms with Gasteiger partial charge >= 0.3 is 0 Å². The lowest BCUT2D eigenvalue weighted by atomic mass is 10.2. The average molecular weight is 395 g/mol. The number of rotatable bonds is 7. The van der Waals surface area contributed by atoms with Crippen molar-refractivity contribution >= 4 is 16.9 Å². The standard InChI is InChI=1S/C22H25N3O4/c1-2-11-28-17-8-6-16(7-9-17)25-20(26)10-5-15-13-19(24-21(15)25)22(27)23-14-18-4-3-12-29-18/h5-10,13,18,24H,2-4,11-12,14H2,1H3,(H,23,27). The SMILES string of the molecule is CCCOc1ccc(-n2c(=O)ccc3cc(C(=O)NCC4CCCO4)[nH]c32)cc1. The molecule has 2 aromatic heterocycles. The third-order valence-corrected chi connectivity index (χ3v) is 5.00. The quantitative estimate of drug-likeness (QED) is 0.644. The van der Waals surface area contributed by atoms with E-state index in [-0.39, 0.29) is 17.6 Å². The molecule has 29 heavy (non-hydrogen) atoms. The Balaban J connectivity index is 1.60. The van der Waals surface area contributed by atoms with Crippen molar-refractivity contribution in [3.05, 3.63) is 58.5 Å². The molecule has 7 nitrogen and oxygen atoms in total. The highest BCUT2D eigenvalue weighted by Gasteiger charge is 2.18. The number of nitrogens with one attached hydrogen (secondary N) is 2. The molecule has 152 valence electrons. The van der Waals surface area contributed by atoms with Crippen LogP contribution in [0.25, 0.3) is 16.7 Å². The molecular formula is C22H25N3O4. The summed E-state index contributed by atoms with van der Waals surface area (Å²) in [6.07, 6.45) is 3.00. The summed E-state index contributed by atoms with van der Waals surface area (Å²) in [7, 11) is 0. The first kappa shape index (κ1) is 19.3. The van der Waals surface area contributed by atoms with Crippen LogP contribution in [-0.2, 0) is 4.74 Å². The van der Waals surface area contributed by atoms with Crippen LogP contribution < -0.4 is 15.6 Å². The molecule has 1 amide bonds. The zero-order valence-corrected chi connectivity index (χ0v) is 16.4. The summed E-state index contributed by atoms with van der Waals surface area (Å²) in [6.45, 7) is 3.94. The molecule has 0 saturated carbocycles. The van der Waals surface area contributed by atoms with Crippen LogP contribution in [0.2, 0.25) is 0 Å². The lowest BCUT2D eigenvalue weighted by molar-refractivity contribution is 0.0854. The van der Waals surface area contributed by atoms with E-state index in [0.29, 0.717) is 30.2 Å². The van der Waals surface area contributed by atoms with E-state index in [1.807, 2.05) is 31.2 Å². The largest absolute Gasteiger partial charge is 0.494 e. The molecule has 1 aliphatic rings. The lowest BCUT2D eigenvalue weighted by Crippen LogP contribution is -2.31. The lowest BCUT2D eigenvalue weighted by Gasteiger charge is -2.10. The molecule has 1 saturated heterocycles. The number of aromatic nitrogens is 2. The number of hydrogen-bond donors (Lipinski definition) is 2. The van der Waals surface area contributed by atoms with Gasteiger partial charge < -0.3 is 19.8 Å². The van der Waals surface area contributed by atoms with Crippen molar-refractivity contribution in [2.45, 2.75) is 32.3 Å². The van der Waals surface area contributed by atoms with Crippen molar-refractivity contribution < 1.29 is 14.3 Å². The zero-order chi connectivity index (χ0) is 20.2. The molecule has 0 bridgehead atoms. The summed E-state index contributed by atoms with van der Waals surface area (Å²) in [5, 5.41) is 3.69. The Morgan fingerprint density at radius 1 is 1.28 bits per heavy atom. The zero-order valence-electron chi connectivity index (χ0n) is 16.4. The van der Waals surface area contributed by atoms with E-state index in [4.69, 9.17) is 9.47 Å². The van der Waals surface area contributed by atoms with Gasteiger partial charge in [0.2, 0.25) is 0 Å². The molecule has 3 aromatic rings. The number of aromatic amines is 1. The molecule has 1 fully saturated rings. The second-order valence-corrected chi connectivity index (χ2v) is 7.18. The van der Waals surface area contributed by atoms with E-state index in [9.17, 15) is 9.59 Å². The van der Waals surface area contributed by atoms with Crippen molar-refractivity contribution in [3.8, 4) is 11.4 Å². The topological polar surface area (TPSA) is 85.3 Å². The van der Waals surface area contributed by atoms with Gasteiger partial charge in [-0.15, -0.1) is 0 Å². The normalized spacial score (nSPS) is 16.2. The highest BCUT2D eigenvalue weighted by molar-refractivity contribution is 5.97. The molecule has 1 unspecified atom stereocenters. The summed E-state index contributed by atoms with van der Waals surface area (Å²) < 4.78 is 12.7. The molecule has 7 heteroatoms. The van der Waals surface area contributed by atoms with Gasteiger partial charge in [0.15, 0.2) is 0 Å². The van der Waals surface area contributed by atoms with Gasteiger partial charge in [0.25, 0.3) is 11.5 Å². The average Bonchev–Trinajstić information content (AvgIpc) is 3.41. The fourth-order valence-electron chi connectivity index (χ4n) is 3.51. The fourth-order valence-corrected chi connectivity index (χ4v) is 3.51. The van der Waals surface area contributed by atoms with Gasteiger partial charge in [-0.25, -0.2) is 0 Å². The number of carbonyl (C=O) groups excluding carboxylic acids is 1. The molecule has 0 spiro atoms. The molecule has 4 rings (SSSR count). The highest BCUT2D eigenvalue weighted by Crippen LogP contribution is 2.20. The van der Waals surface area contributed by atoms with Crippen LogP contribution in [0.15, 0.2) is 47.3 Å². The molecule has 0 aliphatic carbocycles. The minimum absolute atomic E-state index is 0.0787. The van der Waals surface area contributed by atoms with Gasteiger partial charge in [0.05, 0.1) is 18.4 Å². The van der Waals surface area contributed by atoms with Crippen LogP contribution in [0.4, 0.5) is 0 Å². The van der Waals surface area contributed by atoms with Crippen molar-refractivity contribution in [1.29, 1.82) is 0 Å². The van der Waals surface area contributed by atoms with Crippen molar-refractivity contribution in [3.63, 3.8) is 0 Å². The van der Waals surface area contributed by atoms with Crippen LogP contribution in [0.3, 0.4) is 0 Å². The Morgan fingerprint density at radius 2 is 2.10 bits per heavy atom. The van der Waals surface area contributed by atoms with E-state index in [2.05, 4.69) is 10.3 Å². The maximum Gasteiger partial charge on any atom is 0.267 e. The van der Waals surface area contributed by atoms with Gasteiger partial charge in [-0.05, 0) is 55.7 Å². The predicted molar refractivity (Wildman–Crippen MR) is 111 cm³/mol. The monoisotopic (exact) mass is 395 g/mol. The van der Waals surface area contributed by atoms with Gasteiger partial charge in [0.1, 0.15) is 17.1 Å². The second-order valence-electron chi connectivity index (χ2n) is 7.18. The number of ether oxygens (including phenoxy) is 2. The number of fused-ring (bicyclic) bond motifs is 1. The number of nitrogens with zero attached hydrogens (tertiary/aromatic N) is 1. The summed E-state index contributed by atoms with van der Waals surface area (Å²) in [6, 6.07) is 12.3. The number of H-pyrrole nitrogens is 1. The Morgan fingerprint density at radius 3 is 2.83 bits per heavy atom. The third kappa shape index (κ3) is 4.19.